The minimum absolute atomic E-state index is 0.0195. The molecule has 0 aliphatic carbocycles. The van der Waals surface area contributed by atoms with Gasteiger partial charge in [-0.05, 0) is 49.4 Å². The first-order chi connectivity index (χ1) is 8.97. The second-order valence-corrected chi connectivity index (χ2v) is 5.66. The third-order valence-corrected chi connectivity index (χ3v) is 3.34. The predicted molar refractivity (Wildman–Crippen MR) is 79.6 cm³/mol. The third-order valence-electron chi connectivity index (χ3n) is 3.34. The molecule has 2 rings (SSSR count). The molecule has 19 heavy (non-hydrogen) atoms. The molecule has 1 amide bonds. The summed E-state index contributed by atoms with van der Waals surface area (Å²) < 4.78 is 0. The number of hydrogen-bond acceptors (Lipinski definition) is 1. The van der Waals surface area contributed by atoms with E-state index in [-0.39, 0.29) is 5.91 Å². The summed E-state index contributed by atoms with van der Waals surface area (Å²) in [6, 6.07) is 6.15. The summed E-state index contributed by atoms with van der Waals surface area (Å²) in [5.41, 5.74) is 4.09. The Hall–Kier alpha value is -1.77. The predicted octanol–water partition coefficient (Wildman–Crippen LogP) is 3.56. The Bertz CT molecular complexity index is 596. The number of amides is 1. The van der Waals surface area contributed by atoms with Crippen molar-refractivity contribution < 1.29 is 4.79 Å². The van der Waals surface area contributed by atoms with E-state index >= 15 is 0 Å². The molecule has 3 nitrogen and oxygen atoms in total. The Morgan fingerprint density at radius 2 is 2.00 bits per heavy atom. The smallest absolute Gasteiger partial charge is 0.267 e. The SMILES string of the molecule is Cc1cc(C)c2cc(C(=O)NCCC(C)C)[nH]c2c1. The lowest BCUT2D eigenvalue weighted by Gasteiger charge is -2.05. The number of aryl methyl sites for hydroxylation is 2. The number of carbonyl (C=O) groups excluding carboxylic acids is 1. The van der Waals surface area contributed by atoms with E-state index in [4.69, 9.17) is 0 Å². The lowest BCUT2D eigenvalue weighted by atomic mass is 10.1. The number of rotatable bonds is 4. The van der Waals surface area contributed by atoms with Crippen LogP contribution in [0.2, 0.25) is 0 Å². The van der Waals surface area contributed by atoms with Crippen LogP contribution in [0.4, 0.5) is 0 Å². The van der Waals surface area contributed by atoms with Crippen molar-refractivity contribution in [3.8, 4) is 0 Å². The average molecular weight is 258 g/mol. The molecule has 0 saturated heterocycles. The molecule has 2 N–H and O–H groups in total. The highest BCUT2D eigenvalue weighted by atomic mass is 16.1. The van der Waals surface area contributed by atoms with Gasteiger partial charge in [0, 0.05) is 17.4 Å². The fourth-order valence-corrected chi connectivity index (χ4v) is 2.29. The first kappa shape index (κ1) is 13.7. The van der Waals surface area contributed by atoms with E-state index in [1.807, 2.05) is 6.07 Å². The third kappa shape index (κ3) is 3.16. The zero-order valence-electron chi connectivity index (χ0n) is 12.1. The zero-order chi connectivity index (χ0) is 14.0. The van der Waals surface area contributed by atoms with Crippen LogP contribution in [0.25, 0.3) is 10.9 Å². The maximum atomic E-state index is 12.0. The zero-order valence-corrected chi connectivity index (χ0v) is 12.1. The van der Waals surface area contributed by atoms with Crippen LogP contribution in [-0.4, -0.2) is 17.4 Å². The molecule has 0 spiro atoms. The van der Waals surface area contributed by atoms with Crippen LogP contribution in [0.5, 0.6) is 0 Å². The van der Waals surface area contributed by atoms with Gasteiger partial charge in [0.15, 0.2) is 0 Å². The Morgan fingerprint density at radius 1 is 1.26 bits per heavy atom. The monoisotopic (exact) mass is 258 g/mol. The highest BCUT2D eigenvalue weighted by Gasteiger charge is 2.10. The summed E-state index contributed by atoms with van der Waals surface area (Å²) in [6.07, 6.45) is 1.00. The molecule has 0 atom stereocenters. The number of hydrogen-bond donors (Lipinski definition) is 2. The van der Waals surface area contributed by atoms with Gasteiger partial charge >= 0.3 is 0 Å². The topological polar surface area (TPSA) is 44.9 Å². The first-order valence-electron chi connectivity index (χ1n) is 6.85. The van der Waals surface area contributed by atoms with Crippen LogP contribution in [0.3, 0.4) is 0 Å². The van der Waals surface area contributed by atoms with Gasteiger partial charge in [-0.1, -0.05) is 19.9 Å². The van der Waals surface area contributed by atoms with Crippen molar-refractivity contribution in [3.63, 3.8) is 0 Å². The minimum Gasteiger partial charge on any atom is -0.351 e. The first-order valence-corrected chi connectivity index (χ1v) is 6.85. The lowest BCUT2D eigenvalue weighted by molar-refractivity contribution is 0.0948. The highest BCUT2D eigenvalue weighted by Crippen LogP contribution is 2.21. The van der Waals surface area contributed by atoms with E-state index in [0.717, 1.165) is 23.9 Å². The maximum absolute atomic E-state index is 12.0. The summed E-state index contributed by atoms with van der Waals surface area (Å²) in [4.78, 5) is 15.3. The number of fused-ring (bicyclic) bond motifs is 1. The summed E-state index contributed by atoms with van der Waals surface area (Å²) >= 11 is 0. The van der Waals surface area contributed by atoms with E-state index in [9.17, 15) is 4.79 Å². The van der Waals surface area contributed by atoms with Crippen LogP contribution >= 0.6 is 0 Å². The van der Waals surface area contributed by atoms with Crippen LogP contribution < -0.4 is 5.32 Å². The average Bonchev–Trinajstić information content (AvgIpc) is 2.72. The molecule has 1 aromatic heterocycles. The van der Waals surface area contributed by atoms with E-state index < -0.39 is 0 Å². The molecule has 0 aliphatic rings. The fraction of sp³-hybridized carbons (Fsp3) is 0.438. The Balaban J connectivity index is 2.17. The molecular formula is C16H22N2O. The van der Waals surface area contributed by atoms with Gasteiger partial charge in [0.1, 0.15) is 5.69 Å². The molecule has 3 heteroatoms. The van der Waals surface area contributed by atoms with Gasteiger partial charge in [-0.3, -0.25) is 4.79 Å². The van der Waals surface area contributed by atoms with Crippen molar-refractivity contribution in [1.29, 1.82) is 0 Å². The van der Waals surface area contributed by atoms with Gasteiger partial charge in [-0.25, -0.2) is 0 Å². The Labute approximate surface area is 114 Å². The molecule has 1 heterocycles. The number of carbonyl (C=O) groups is 1. The number of H-pyrrole nitrogens is 1. The Morgan fingerprint density at radius 3 is 2.68 bits per heavy atom. The van der Waals surface area contributed by atoms with Crippen LogP contribution in [0.1, 0.15) is 41.9 Å². The highest BCUT2D eigenvalue weighted by molar-refractivity contribution is 5.98. The van der Waals surface area contributed by atoms with Crippen molar-refractivity contribution in [2.45, 2.75) is 34.1 Å². The normalized spacial score (nSPS) is 11.2. The molecule has 0 radical (unpaired) electrons. The standard InChI is InChI=1S/C16H22N2O/c1-10(2)5-6-17-16(19)15-9-13-12(4)7-11(3)8-14(13)18-15/h7-10,18H,5-6H2,1-4H3,(H,17,19). The number of aromatic amines is 1. The van der Waals surface area contributed by atoms with Gasteiger partial charge in [-0.2, -0.15) is 0 Å². The van der Waals surface area contributed by atoms with E-state index in [0.29, 0.717) is 11.6 Å². The van der Waals surface area contributed by atoms with Crippen molar-refractivity contribution in [1.82, 2.24) is 10.3 Å². The van der Waals surface area contributed by atoms with Crippen molar-refractivity contribution in [2.75, 3.05) is 6.54 Å². The summed E-state index contributed by atoms with van der Waals surface area (Å²) in [6.45, 7) is 9.17. The number of aromatic nitrogens is 1. The van der Waals surface area contributed by atoms with Gasteiger partial charge in [-0.15, -0.1) is 0 Å². The van der Waals surface area contributed by atoms with Crippen LogP contribution in [0, 0.1) is 19.8 Å². The van der Waals surface area contributed by atoms with Gasteiger partial charge < -0.3 is 10.3 Å². The molecule has 1 aromatic carbocycles. The van der Waals surface area contributed by atoms with Crippen molar-refractivity contribution in [3.05, 3.63) is 35.0 Å². The van der Waals surface area contributed by atoms with E-state index in [1.54, 1.807) is 0 Å². The molecule has 0 fully saturated rings. The second kappa shape index (κ2) is 5.47. The van der Waals surface area contributed by atoms with Crippen molar-refractivity contribution in [2.24, 2.45) is 5.92 Å². The number of benzene rings is 1. The molecule has 2 aromatic rings. The van der Waals surface area contributed by atoms with Crippen molar-refractivity contribution >= 4 is 16.8 Å². The van der Waals surface area contributed by atoms with Gasteiger partial charge in [0.05, 0.1) is 0 Å². The maximum Gasteiger partial charge on any atom is 0.267 e. The summed E-state index contributed by atoms with van der Waals surface area (Å²) in [5, 5.41) is 4.08. The summed E-state index contributed by atoms with van der Waals surface area (Å²) in [7, 11) is 0. The lowest BCUT2D eigenvalue weighted by Crippen LogP contribution is -2.25. The fourth-order valence-electron chi connectivity index (χ4n) is 2.29. The molecular weight excluding hydrogens is 236 g/mol. The summed E-state index contributed by atoms with van der Waals surface area (Å²) in [5.74, 6) is 0.585. The Kier molecular flexibility index (Phi) is 3.93. The molecule has 0 unspecified atom stereocenters. The molecule has 0 aliphatic heterocycles. The second-order valence-electron chi connectivity index (χ2n) is 5.66. The van der Waals surface area contributed by atoms with E-state index in [2.05, 4.69) is 50.1 Å². The minimum atomic E-state index is -0.0195. The van der Waals surface area contributed by atoms with Gasteiger partial charge in [0.25, 0.3) is 5.91 Å². The molecule has 0 bridgehead atoms. The van der Waals surface area contributed by atoms with E-state index in [1.165, 1.54) is 11.1 Å². The quantitative estimate of drug-likeness (QED) is 0.865. The molecule has 0 saturated carbocycles. The van der Waals surface area contributed by atoms with Crippen LogP contribution in [-0.2, 0) is 0 Å². The van der Waals surface area contributed by atoms with Gasteiger partial charge in [0.2, 0.25) is 0 Å². The number of nitrogens with one attached hydrogen (secondary N) is 2. The largest absolute Gasteiger partial charge is 0.351 e. The van der Waals surface area contributed by atoms with Crippen LogP contribution in [0.15, 0.2) is 18.2 Å². The molecule has 102 valence electrons.